The summed E-state index contributed by atoms with van der Waals surface area (Å²) in [7, 11) is 0. The van der Waals surface area contributed by atoms with Gasteiger partial charge in [0.2, 0.25) is 0 Å². The van der Waals surface area contributed by atoms with E-state index in [2.05, 4.69) is 0 Å². The van der Waals surface area contributed by atoms with Crippen molar-refractivity contribution in [2.24, 2.45) is 0 Å². The lowest BCUT2D eigenvalue weighted by Gasteiger charge is -2.30. The Morgan fingerprint density at radius 3 is 2.44 bits per heavy atom. The number of rotatable bonds is 4. The standard InChI is InChI=1S/C12H18F2N2/c1-4-8(3)16(5-2)12-10(15)7-6-9(13)11(12)14/h6-8H,4-5,15H2,1-3H3. The van der Waals surface area contributed by atoms with Gasteiger partial charge in [0.05, 0.1) is 11.4 Å². The molecule has 0 saturated carbocycles. The topological polar surface area (TPSA) is 29.3 Å². The second kappa shape index (κ2) is 5.14. The van der Waals surface area contributed by atoms with Crippen LogP contribution < -0.4 is 10.6 Å². The van der Waals surface area contributed by atoms with E-state index in [0.717, 1.165) is 12.5 Å². The molecule has 1 aromatic carbocycles. The fourth-order valence-corrected chi connectivity index (χ4v) is 1.76. The summed E-state index contributed by atoms with van der Waals surface area (Å²) >= 11 is 0. The van der Waals surface area contributed by atoms with Gasteiger partial charge < -0.3 is 10.6 Å². The van der Waals surface area contributed by atoms with E-state index >= 15 is 0 Å². The molecule has 4 heteroatoms. The molecule has 0 aliphatic rings. The lowest BCUT2D eigenvalue weighted by Crippen LogP contribution is -2.33. The fraction of sp³-hybridized carbons (Fsp3) is 0.500. The molecule has 0 bridgehead atoms. The molecule has 0 saturated heterocycles. The SMILES string of the molecule is CCC(C)N(CC)c1c(N)ccc(F)c1F. The maximum atomic E-state index is 13.7. The zero-order valence-corrected chi connectivity index (χ0v) is 9.93. The van der Waals surface area contributed by atoms with E-state index in [9.17, 15) is 8.78 Å². The molecule has 0 spiro atoms. The maximum Gasteiger partial charge on any atom is 0.184 e. The van der Waals surface area contributed by atoms with Crippen LogP contribution in [0.5, 0.6) is 0 Å². The number of nitrogens with zero attached hydrogens (tertiary/aromatic N) is 1. The van der Waals surface area contributed by atoms with Crippen LogP contribution >= 0.6 is 0 Å². The van der Waals surface area contributed by atoms with Gasteiger partial charge in [-0.15, -0.1) is 0 Å². The first-order chi connectivity index (χ1) is 7.52. The molecule has 0 fully saturated rings. The molecule has 0 amide bonds. The van der Waals surface area contributed by atoms with E-state index in [1.165, 1.54) is 6.07 Å². The van der Waals surface area contributed by atoms with Crippen LogP contribution in [0.1, 0.15) is 27.2 Å². The predicted molar refractivity (Wildman–Crippen MR) is 63.5 cm³/mol. The van der Waals surface area contributed by atoms with Gasteiger partial charge in [-0.3, -0.25) is 0 Å². The van der Waals surface area contributed by atoms with Crippen molar-refractivity contribution in [3.63, 3.8) is 0 Å². The minimum Gasteiger partial charge on any atom is -0.397 e. The number of hydrogen-bond acceptors (Lipinski definition) is 2. The molecule has 2 N–H and O–H groups in total. The second-order valence-electron chi connectivity index (χ2n) is 3.84. The summed E-state index contributed by atoms with van der Waals surface area (Å²) in [6.07, 6.45) is 0.850. The molecule has 16 heavy (non-hydrogen) atoms. The number of nitrogen functional groups attached to an aromatic ring is 1. The van der Waals surface area contributed by atoms with Crippen LogP contribution in [-0.2, 0) is 0 Å². The van der Waals surface area contributed by atoms with Crippen molar-refractivity contribution < 1.29 is 8.78 Å². The lowest BCUT2D eigenvalue weighted by molar-refractivity contribution is 0.500. The van der Waals surface area contributed by atoms with E-state index in [-0.39, 0.29) is 17.4 Å². The number of benzene rings is 1. The molecular formula is C12H18F2N2. The summed E-state index contributed by atoms with van der Waals surface area (Å²) in [5.74, 6) is -1.71. The van der Waals surface area contributed by atoms with Gasteiger partial charge in [-0.2, -0.15) is 0 Å². The quantitative estimate of drug-likeness (QED) is 0.802. The average Bonchev–Trinajstić information content (AvgIpc) is 2.28. The number of halogens is 2. The van der Waals surface area contributed by atoms with Crippen LogP contribution in [0.3, 0.4) is 0 Å². The van der Waals surface area contributed by atoms with Crippen LogP contribution in [0, 0.1) is 11.6 Å². The zero-order valence-electron chi connectivity index (χ0n) is 9.93. The van der Waals surface area contributed by atoms with Crippen LogP contribution in [-0.4, -0.2) is 12.6 Å². The highest BCUT2D eigenvalue weighted by Gasteiger charge is 2.20. The lowest BCUT2D eigenvalue weighted by atomic mass is 10.1. The van der Waals surface area contributed by atoms with Gasteiger partial charge in [-0.05, 0) is 32.4 Å². The van der Waals surface area contributed by atoms with E-state index in [4.69, 9.17) is 5.73 Å². The minimum absolute atomic E-state index is 0.128. The largest absolute Gasteiger partial charge is 0.397 e. The van der Waals surface area contributed by atoms with Crippen LogP contribution in [0.15, 0.2) is 12.1 Å². The third-order valence-electron chi connectivity index (χ3n) is 2.85. The van der Waals surface area contributed by atoms with E-state index in [1.54, 1.807) is 4.90 Å². The summed E-state index contributed by atoms with van der Waals surface area (Å²) in [4.78, 5) is 1.79. The van der Waals surface area contributed by atoms with Crippen molar-refractivity contribution in [1.82, 2.24) is 0 Å². The average molecular weight is 228 g/mol. The smallest absolute Gasteiger partial charge is 0.184 e. The van der Waals surface area contributed by atoms with Crippen molar-refractivity contribution in [2.45, 2.75) is 33.2 Å². The Bertz CT molecular complexity index is 366. The summed E-state index contributed by atoms with van der Waals surface area (Å²) in [6.45, 7) is 6.46. The molecule has 1 aromatic rings. The zero-order chi connectivity index (χ0) is 12.3. The van der Waals surface area contributed by atoms with Crippen LogP contribution in [0.2, 0.25) is 0 Å². The summed E-state index contributed by atoms with van der Waals surface area (Å²) in [5, 5.41) is 0. The second-order valence-corrected chi connectivity index (χ2v) is 3.84. The van der Waals surface area contributed by atoms with Gasteiger partial charge in [0.1, 0.15) is 0 Å². The molecular weight excluding hydrogens is 210 g/mol. The molecule has 0 aromatic heterocycles. The Hall–Kier alpha value is -1.32. The Balaban J connectivity index is 3.23. The molecule has 0 aliphatic heterocycles. The molecule has 90 valence electrons. The Morgan fingerprint density at radius 1 is 1.31 bits per heavy atom. The highest BCUT2D eigenvalue weighted by molar-refractivity contribution is 5.68. The van der Waals surface area contributed by atoms with Gasteiger partial charge in [0.15, 0.2) is 11.6 Å². The first-order valence-electron chi connectivity index (χ1n) is 5.53. The van der Waals surface area contributed by atoms with E-state index < -0.39 is 11.6 Å². The minimum atomic E-state index is -0.859. The number of hydrogen-bond donors (Lipinski definition) is 1. The third-order valence-corrected chi connectivity index (χ3v) is 2.85. The van der Waals surface area contributed by atoms with Crippen LogP contribution in [0.4, 0.5) is 20.2 Å². The Kier molecular flexibility index (Phi) is 4.10. The monoisotopic (exact) mass is 228 g/mol. The van der Waals surface area contributed by atoms with Gasteiger partial charge in [-0.25, -0.2) is 8.78 Å². The predicted octanol–water partition coefficient (Wildman–Crippen LogP) is 3.17. The highest BCUT2D eigenvalue weighted by Crippen LogP contribution is 2.30. The summed E-state index contributed by atoms with van der Waals surface area (Å²) in [5.41, 5.74) is 6.17. The molecule has 0 aliphatic carbocycles. The fourth-order valence-electron chi connectivity index (χ4n) is 1.76. The van der Waals surface area contributed by atoms with E-state index in [1.807, 2.05) is 20.8 Å². The molecule has 1 unspecified atom stereocenters. The highest BCUT2D eigenvalue weighted by atomic mass is 19.2. The molecule has 1 rings (SSSR count). The van der Waals surface area contributed by atoms with Crippen molar-refractivity contribution in [3.05, 3.63) is 23.8 Å². The van der Waals surface area contributed by atoms with Gasteiger partial charge in [0, 0.05) is 12.6 Å². The van der Waals surface area contributed by atoms with E-state index in [0.29, 0.717) is 6.54 Å². The van der Waals surface area contributed by atoms with Gasteiger partial charge >= 0.3 is 0 Å². The van der Waals surface area contributed by atoms with Crippen LogP contribution in [0.25, 0.3) is 0 Å². The van der Waals surface area contributed by atoms with Gasteiger partial charge in [0.25, 0.3) is 0 Å². The molecule has 0 heterocycles. The Morgan fingerprint density at radius 2 is 1.94 bits per heavy atom. The Labute approximate surface area is 95.1 Å². The van der Waals surface area contributed by atoms with Crippen molar-refractivity contribution in [3.8, 4) is 0 Å². The maximum absolute atomic E-state index is 13.7. The van der Waals surface area contributed by atoms with Crippen molar-refractivity contribution in [1.29, 1.82) is 0 Å². The summed E-state index contributed by atoms with van der Waals surface area (Å²) in [6, 6.07) is 2.58. The normalized spacial score (nSPS) is 12.6. The summed E-state index contributed by atoms with van der Waals surface area (Å²) < 4.78 is 26.9. The molecule has 2 nitrogen and oxygen atoms in total. The van der Waals surface area contributed by atoms with Crippen molar-refractivity contribution >= 4 is 11.4 Å². The number of nitrogens with two attached hydrogens (primary N) is 1. The first kappa shape index (κ1) is 12.7. The van der Waals surface area contributed by atoms with Crippen molar-refractivity contribution in [2.75, 3.05) is 17.2 Å². The third kappa shape index (κ3) is 2.26. The van der Waals surface area contributed by atoms with Gasteiger partial charge in [-0.1, -0.05) is 6.92 Å². The first-order valence-corrected chi connectivity index (χ1v) is 5.53. The number of anilines is 2. The molecule has 1 atom stereocenters. The molecule has 0 radical (unpaired) electrons.